The molecule has 0 unspecified atom stereocenters. The summed E-state index contributed by atoms with van der Waals surface area (Å²) in [7, 11) is 0. The third kappa shape index (κ3) is 7.15. The molecule has 0 bridgehead atoms. The van der Waals surface area contributed by atoms with Gasteiger partial charge in [0.15, 0.2) is 0 Å². The smallest absolute Gasteiger partial charge is 0.123 e. The van der Waals surface area contributed by atoms with Gasteiger partial charge in [0.2, 0.25) is 0 Å². The van der Waals surface area contributed by atoms with Crippen LogP contribution in [0.15, 0.2) is 73.3 Å². The van der Waals surface area contributed by atoms with Gasteiger partial charge in [0.25, 0.3) is 0 Å². The Morgan fingerprint density at radius 2 is 1.57 bits per heavy atom. The molecule has 5 rings (SSSR count). The van der Waals surface area contributed by atoms with E-state index in [0.29, 0.717) is 0 Å². The van der Waals surface area contributed by atoms with Crippen molar-refractivity contribution in [3.63, 3.8) is 0 Å². The van der Waals surface area contributed by atoms with Crippen molar-refractivity contribution < 1.29 is 8.78 Å². The second-order valence-electron chi connectivity index (χ2n) is 10.9. The van der Waals surface area contributed by atoms with E-state index < -0.39 is 0 Å². The summed E-state index contributed by atoms with van der Waals surface area (Å²) >= 11 is 0. The molecule has 2 nitrogen and oxygen atoms in total. The van der Waals surface area contributed by atoms with Crippen molar-refractivity contribution in [3.05, 3.63) is 113 Å². The van der Waals surface area contributed by atoms with Gasteiger partial charge in [-0.2, -0.15) is 0 Å². The number of hydrogen-bond acceptors (Lipinski definition) is 2. The van der Waals surface area contributed by atoms with E-state index in [-0.39, 0.29) is 11.6 Å². The number of piperidine rings is 1. The van der Waals surface area contributed by atoms with E-state index in [1.807, 2.05) is 18.2 Å². The van der Waals surface area contributed by atoms with Gasteiger partial charge in [0, 0.05) is 19.6 Å². The van der Waals surface area contributed by atoms with Crippen molar-refractivity contribution in [1.82, 2.24) is 9.80 Å². The lowest BCUT2D eigenvalue weighted by Gasteiger charge is -2.32. The van der Waals surface area contributed by atoms with E-state index in [0.717, 1.165) is 75.6 Å². The molecule has 2 heterocycles. The summed E-state index contributed by atoms with van der Waals surface area (Å²) in [4.78, 5) is 4.92. The largest absolute Gasteiger partial charge is 0.299 e. The van der Waals surface area contributed by atoms with Crippen LogP contribution in [-0.2, 0) is 26.1 Å². The molecule has 0 saturated carbocycles. The third-order valence-electron chi connectivity index (χ3n) is 8.11. The summed E-state index contributed by atoms with van der Waals surface area (Å²) in [5.41, 5.74) is 7.58. The Balaban J connectivity index is 1.12. The molecule has 2 aliphatic heterocycles. The summed E-state index contributed by atoms with van der Waals surface area (Å²) in [6.45, 7) is 10.3. The lowest BCUT2D eigenvalue weighted by atomic mass is 9.88. The molecule has 4 heteroatoms. The van der Waals surface area contributed by atoms with E-state index in [9.17, 15) is 8.78 Å². The SMILES string of the molecule is C=C(CCC1CCN(Cc2cccc(F)c2)CC1)c1ccc2c(c1)CN(Cc1ccc(F)cc1)CCC2. The Labute approximate surface area is 220 Å². The Morgan fingerprint density at radius 3 is 2.35 bits per heavy atom. The normalized spacial score (nSPS) is 17.4. The van der Waals surface area contributed by atoms with Crippen LogP contribution >= 0.6 is 0 Å². The quantitative estimate of drug-likeness (QED) is 0.314. The Hall–Kier alpha value is -2.82. The first-order valence-electron chi connectivity index (χ1n) is 13.8. The van der Waals surface area contributed by atoms with Crippen LogP contribution < -0.4 is 0 Å². The number of fused-ring (bicyclic) bond motifs is 1. The van der Waals surface area contributed by atoms with Gasteiger partial charge >= 0.3 is 0 Å². The summed E-state index contributed by atoms with van der Waals surface area (Å²) in [5, 5.41) is 0. The van der Waals surface area contributed by atoms with Crippen molar-refractivity contribution in [2.45, 2.75) is 58.2 Å². The van der Waals surface area contributed by atoms with Gasteiger partial charge in [-0.25, -0.2) is 8.78 Å². The van der Waals surface area contributed by atoms with Gasteiger partial charge in [-0.1, -0.05) is 43.0 Å². The monoisotopic (exact) mass is 500 g/mol. The predicted octanol–water partition coefficient (Wildman–Crippen LogP) is 7.62. The number of allylic oxidation sites excluding steroid dienone is 1. The average molecular weight is 501 g/mol. The first-order valence-corrected chi connectivity index (χ1v) is 13.8. The number of halogens is 2. The topological polar surface area (TPSA) is 6.48 Å². The van der Waals surface area contributed by atoms with Gasteiger partial charge in [-0.05, 0) is 128 Å². The number of nitrogens with zero attached hydrogens (tertiary/aromatic N) is 2. The van der Waals surface area contributed by atoms with Crippen molar-refractivity contribution >= 4 is 5.57 Å². The van der Waals surface area contributed by atoms with Crippen LogP contribution in [0.2, 0.25) is 0 Å². The fraction of sp³-hybridized carbons (Fsp3) is 0.394. The van der Waals surface area contributed by atoms with Crippen molar-refractivity contribution in [2.75, 3.05) is 19.6 Å². The van der Waals surface area contributed by atoms with Gasteiger partial charge in [0.1, 0.15) is 11.6 Å². The number of benzene rings is 3. The molecule has 0 atom stereocenters. The molecule has 3 aromatic rings. The minimum absolute atomic E-state index is 0.149. The van der Waals surface area contributed by atoms with Gasteiger partial charge in [0.05, 0.1) is 0 Å². The van der Waals surface area contributed by atoms with Gasteiger partial charge in [-0.15, -0.1) is 0 Å². The summed E-state index contributed by atoms with van der Waals surface area (Å²) < 4.78 is 26.8. The van der Waals surface area contributed by atoms with E-state index in [4.69, 9.17) is 0 Å². The predicted molar refractivity (Wildman–Crippen MR) is 148 cm³/mol. The van der Waals surface area contributed by atoms with Crippen molar-refractivity contribution in [2.24, 2.45) is 5.92 Å². The molecule has 0 aromatic heterocycles. The second-order valence-corrected chi connectivity index (χ2v) is 10.9. The number of likely N-dealkylation sites (tertiary alicyclic amines) is 1. The molecule has 0 aliphatic carbocycles. The zero-order chi connectivity index (χ0) is 25.6. The van der Waals surface area contributed by atoms with Crippen molar-refractivity contribution in [1.29, 1.82) is 0 Å². The number of rotatable bonds is 8. The first-order chi connectivity index (χ1) is 18.0. The van der Waals surface area contributed by atoms with Gasteiger partial charge < -0.3 is 0 Å². The van der Waals surface area contributed by atoms with Crippen LogP contribution in [0.4, 0.5) is 8.78 Å². The molecule has 3 aromatic carbocycles. The molecule has 0 amide bonds. The van der Waals surface area contributed by atoms with E-state index in [1.54, 1.807) is 24.3 Å². The average Bonchev–Trinajstić information content (AvgIpc) is 3.10. The standard InChI is InChI=1S/C33H38F2N2/c1-25(7-8-26-15-18-36(19-16-26)23-28-4-2-6-33(35)20-28)30-12-11-29-5-3-17-37(24-31(29)21-30)22-27-9-13-32(34)14-10-27/h2,4,6,9-14,20-21,26H,1,3,5,7-8,15-19,22-24H2. The molecule has 1 saturated heterocycles. The number of aryl methyl sites for hydroxylation is 1. The summed E-state index contributed by atoms with van der Waals surface area (Å²) in [5.74, 6) is 0.402. The minimum atomic E-state index is -0.178. The Kier molecular flexibility index (Phi) is 8.48. The minimum Gasteiger partial charge on any atom is -0.299 e. The molecule has 1 fully saturated rings. The maximum Gasteiger partial charge on any atom is 0.123 e. The van der Waals surface area contributed by atoms with Crippen LogP contribution in [0.1, 0.15) is 59.9 Å². The zero-order valence-electron chi connectivity index (χ0n) is 21.8. The zero-order valence-corrected chi connectivity index (χ0v) is 21.8. The van der Waals surface area contributed by atoms with E-state index >= 15 is 0 Å². The summed E-state index contributed by atoms with van der Waals surface area (Å²) in [6.07, 6.45) is 6.87. The van der Waals surface area contributed by atoms with Crippen molar-refractivity contribution in [3.8, 4) is 0 Å². The van der Waals surface area contributed by atoms with Crippen LogP contribution in [0.3, 0.4) is 0 Å². The molecule has 0 spiro atoms. The van der Waals surface area contributed by atoms with Crippen LogP contribution in [0.25, 0.3) is 5.57 Å². The molecular formula is C33H38F2N2. The highest BCUT2D eigenvalue weighted by Gasteiger charge is 2.20. The molecular weight excluding hydrogens is 462 g/mol. The molecule has 37 heavy (non-hydrogen) atoms. The molecule has 2 aliphatic rings. The van der Waals surface area contributed by atoms with E-state index in [1.165, 1.54) is 47.6 Å². The molecule has 194 valence electrons. The van der Waals surface area contributed by atoms with Gasteiger partial charge in [-0.3, -0.25) is 9.80 Å². The lowest BCUT2D eigenvalue weighted by molar-refractivity contribution is 0.173. The first kappa shape index (κ1) is 25.8. The third-order valence-corrected chi connectivity index (χ3v) is 8.11. The Morgan fingerprint density at radius 1 is 0.784 bits per heavy atom. The van der Waals surface area contributed by atoms with Crippen LogP contribution in [-0.4, -0.2) is 29.4 Å². The van der Waals surface area contributed by atoms with Crippen LogP contribution in [0.5, 0.6) is 0 Å². The fourth-order valence-electron chi connectivity index (χ4n) is 5.88. The lowest BCUT2D eigenvalue weighted by Crippen LogP contribution is -2.33. The molecule has 0 radical (unpaired) electrons. The Bertz CT molecular complexity index is 1200. The fourth-order valence-corrected chi connectivity index (χ4v) is 5.88. The van der Waals surface area contributed by atoms with E-state index in [2.05, 4.69) is 34.6 Å². The summed E-state index contributed by atoms with van der Waals surface area (Å²) in [6, 6.07) is 20.8. The maximum absolute atomic E-state index is 13.5. The highest BCUT2D eigenvalue weighted by atomic mass is 19.1. The maximum atomic E-state index is 13.5. The second kappa shape index (κ2) is 12.1. The molecule has 0 N–H and O–H groups in total. The highest BCUT2D eigenvalue weighted by molar-refractivity contribution is 5.64. The number of hydrogen-bond donors (Lipinski definition) is 0. The highest BCUT2D eigenvalue weighted by Crippen LogP contribution is 2.30. The van der Waals surface area contributed by atoms with Crippen LogP contribution in [0, 0.1) is 17.6 Å².